The van der Waals surface area contributed by atoms with Gasteiger partial charge in [0.05, 0.1) is 16.8 Å². The first-order valence-electron chi connectivity index (χ1n) is 7.88. The predicted molar refractivity (Wildman–Crippen MR) is 95.8 cm³/mol. The Balaban J connectivity index is 2.40. The Bertz CT molecular complexity index is 893. The van der Waals surface area contributed by atoms with E-state index in [0.29, 0.717) is 12.1 Å². The number of benzene rings is 2. The zero-order chi connectivity index (χ0) is 22.0. The molecule has 0 unspecified atom stereocenters. The summed E-state index contributed by atoms with van der Waals surface area (Å²) < 4.78 is 77.8. The Morgan fingerprint density at radius 1 is 0.897 bits per heavy atom. The van der Waals surface area contributed by atoms with Gasteiger partial charge >= 0.3 is 12.4 Å². The molecule has 0 radical (unpaired) electrons. The SMILES string of the molecule is CN(C)C(=O)Sc1ccccc1NC(=O)c1cc(C(F)(F)F)cc(C(F)(F)F)c1. The van der Waals surface area contributed by atoms with E-state index in [4.69, 9.17) is 0 Å². The molecule has 2 aromatic carbocycles. The maximum Gasteiger partial charge on any atom is 0.416 e. The summed E-state index contributed by atoms with van der Waals surface area (Å²) in [5, 5.41) is 1.88. The maximum absolute atomic E-state index is 13.0. The molecule has 0 saturated carbocycles. The number of para-hydroxylation sites is 1. The number of carbonyl (C=O) groups excluding carboxylic acids is 2. The van der Waals surface area contributed by atoms with Gasteiger partial charge < -0.3 is 10.2 Å². The number of rotatable bonds is 3. The van der Waals surface area contributed by atoms with Crippen molar-refractivity contribution in [3.63, 3.8) is 0 Å². The van der Waals surface area contributed by atoms with Gasteiger partial charge in [-0.2, -0.15) is 26.3 Å². The number of anilines is 1. The van der Waals surface area contributed by atoms with Crippen molar-refractivity contribution in [2.24, 2.45) is 0 Å². The highest BCUT2D eigenvalue weighted by Crippen LogP contribution is 2.37. The number of nitrogens with one attached hydrogen (secondary N) is 1. The lowest BCUT2D eigenvalue weighted by molar-refractivity contribution is -0.143. The van der Waals surface area contributed by atoms with Crippen LogP contribution in [0.1, 0.15) is 21.5 Å². The maximum atomic E-state index is 13.0. The van der Waals surface area contributed by atoms with Gasteiger partial charge in [-0.05, 0) is 42.1 Å². The molecular weight excluding hydrogens is 422 g/mol. The number of halogens is 6. The van der Waals surface area contributed by atoms with E-state index in [1.54, 1.807) is 6.07 Å². The summed E-state index contributed by atoms with van der Waals surface area (Å²) in [6.07, 6.45) is -10.1. The number of thioether (sulfide) groups is 1. The average Bonchev–Trinajstić information content (AvgIpc) is 2.61. The molecule has 0 aliphatic heterocycles. The van der Waals surface area contributed by atoms with Crippen LogP contribution < -0.4 is 5.32 Å². The molecule has 2 rings (SSSR count). The van der Waals surface area contributed by atoms with Crippen LogP contribution in [-0.2, 0) is 12.4 Å². The highest BCUT2D eigenvalue weighted by Gasteiger charge is 2.37. The number of hydrogen-bond donors (Lipinski definition) is 1. The second kappa shape index (κ2) is 8.36. The van der Waals surface area contributed by atoms with Crippen LogP contribution in [0.4, 0.5) is 36.8 Å². The van der Waals surface area contributed by atoms with Gasteiger partial charge in [0.15, 0.2) is 0 Å². The monoisotopic (exact) mass is 436 g/mol. The lowest BCUT2D eigenvalue weighted by atomic mass is 10.0. The molecule has 0 saturated heterocycles. The molecule has 29 heavy (non-hydrogen) atoms. The molecule has 0 aromatic heterocycles. The summed E-state index contributed by atoms with van der Waals surface area (Å²) in [5.41, 5.74) is -3.93. The molecule has 0 aliphatic carbocycles. The molecule has 0 aliphatic rings. The second-order valence-electron chi connectivity index (χ2n) is 6.01. The zero-order valence-corrected chi connectivity index (χ0v) is 15.8. The first-order valence-corrected chi connectivity index (χ1v) is 8.69. The van der Waals surface area contributed by atoms with Crippen LogP contribution in [-0.4, -0.2) is 30.1 Å². The van der Waals surface area contributed by atoms with Crippen LogP contribution in [0.3, 0.4) is 0 Å². The molecule has 0 atom stereocenters. The molecule has 0 spiro atoms. The van der Waals surface area contributed by atoms with Gasteiger partial charge in [0, 0.05) is 24.6 Å². The number of amides is 2. The summed E-state index contributed by atoms with van der Waals surface area (Å²) in [6, 6.07) is 6.53. The molecule has 156 valence electrons. The standard InChI is InChI=1S/C18H14F6N2O2S/c1-26(2)16(28)29-14-6-4-3-5-13(14)25-15(27)10-7-11(17(19,20)21)9-12(8-10)18(22,23)24/h3-9H,1-2H3,(H,25,27). The zero-order valence-electron chi connectivity index (χ0n) is 15.0. The minimum Gasteiger partial charge on any atom is -0.339 e. The molecule has 11 heteroatoms. The first-order chi connectivity index (χ1) is 13.3. The van der Waals surface area contributed by atoms with Gasteiger partial charge in [-0.3, -0.25) is 9.59 Å². The highest BCUT2D eigenvalue weighted by molar-refractivity contribution is 8.13. The van der Waals surface area contributed by atoms with Gasteiger partial charge in [0.1, 0.15) is 0 Å². The van der Waals surface area contributed by atoms with Crippen molar-refractivity contribution >= 4 is 28.6 Å². The lowest BCUT2D eigenvalue weighted by Gasteiger charge is -2.15. The molecule has 1 N–H and O–H groups in total. The van der Waals surface area contributed by atoms with Crippen molar-refractivity contribution in [1.29, 1.82) is 0 Å². The third kappa shape index (κ3) is 5.89. The van der Waals surface area contributed by atoms with Crippen LogP contribution in [0.25, 0.3) is 0 Å². The topological polar surface area (TPSA) is 49.4 Å². The van der Waals surface area contributed by atoms with Gasteiger partial charge in [-0.1, -0.05) is 12.1 Å². The van der Waals surface area contributed by atoms with E-state index < -0.39 is 35.0 Å². The number of hydrogen-bond acceptors (Lipinski definition) is 3. The van der Waals surface area contributed by atoms with E-state index >= 15 is 0 Å². The fourth-order valence-electron chi connectivity index (χ4n) is 2.12. The normalized spacial score (nSPS) is 11.9. The highest BCUT2D eigenvalue weighted by atomic mass is 32.2. The van der Waals surface area contributed by atoms with Gasteiger partial charge in [0.25, 0.3) is 11.1 Å². The third-order valence-electron chi connectivity index (χ3n) is 3.55. The molecule has 2 aromatic rings. The average molecular weight is 436 g/mol. The van der Waals surface area contributed by atoms with Crippen molar-refractivity contribution in [2.45, 2.75) is 17.2 Å². The van der Waals surface area contributed by atoms with Gasteiger partial charge in [-0.15, -0.1) is 0 Å². The molecule has 4 nitrogen and oxygen atoms in total. The fraction of sp³-hybridized carbons (Fsp3) is 0.222. The number of alkyl halides is 6. The van der Waals surface area contributed by atoms with E-state index in [0.717, 1.165) is 11.8 Å². The Morgan fingerprint density at radius 3 is 1.90 bits per heavy atom. The molecule has 2 amide bonds. The van der Waals surface area contributed by atoms with Crippen LogP contribution in [0.5, 0.6) is 0 Å². The quantitative estimate of drug-likeness (QED) is 0.492. The van der Waals surface area contributed by atoms with E-state index in [1.165, 1.54) is 37.2 Å². The predicted octanol–water partition coefficient (Wildman–Crippen LogP) is 5.75. The van der Waals surface area contributed by atoms with Crippen LogP contribution in [0.15, 0.2) is 47.4 Å². The second-order valence-corrected chi connectivity index (χ2v) is 7.00. The Labute approximate surface area is 165 Å². The smallest absolute Gasteiger partial charge is 0.339 e. The van der Waals surface area contributed by atoms with Crippen LogP contribution in [0.2, 0.25) is 0 Å². The fourth-order valence-corrected chi connectivity index (χ4v) is 2.87. The van der Waals surface area contributed by atoms with Gasteiger partial charge in [0.2, 0.25) is 0 Å². The van der Waals surface area contributed by atoms with E-state index in [-0.39, 0.29) is 21.9 Å². The summed E-state index contributed by atoms with van der Waals surface area (Å²) in [4.78, 5) is 25.8. The van der Waals surface area contributed by atoms with Crippen molar-refractivity contribution < 1.29 is 35.9 Å². The number of nitrogens with zero attached hydrogens (tertiary/aromatic N) is 1. The summed E-state index contributed by atoms with van der Waals surface area (Å²) in [7, 11) is 3.00. The Morgan fingerprint density at radius 2 is 1.41 bits per heavy atom. The van der Waals surface area contributed by atoms with E-state index in [9.17, 15) is 35.9 Å². The minimum atomic E-state index is -5.07. The Kier molecular flexibility index (Phi) is 6.51. The molecule has 0 heterocycles. The molecular formula is C18H14F6N2O2S. The van der Waals surface area contributed by atoms with Crippen molar-refractivity contribution in [2.75, 3.05) is 19.4 Å². The van der Waals surface area contributed by atoms with Crippen molar-refractivity contribution in [1.82, 2.24) is 4.90 Å². The Hall–Kier alpha value is -2.69. The molecule has 0 bridgehead atoms. The van der Waals surface area contributed by atoms with Crippen molar-refractivity contribution in [3.05, 3.63) is 59.2 Å². The van der Waals surface area contributed by atoms with E-state index in [2.05, 4.69) is 5.32 Å². The van der Waals surface area contributed by atoms with Gasteiger partial charge in [-0.25, -0.2) is 0 Å². The van der Waals surface area contributed by atoms with Crippen LogP contribution >= 0.6 is 11.8 Å². The largest absolute Gasteiger partial charge is 0.416 e. The lowest BCUT2D eigenvalue weighted by Crippen LogP contribution is -2.18. The van der Waals surface area contributed by atoms with Crippen LogP contribution in [0, 0.1) is 0 Å². The van der Waals surface area contributed by atoms with E-state index in [1.807, 2.05) is 0 Å². The summed E-state index contributed by atoms with van der Waals surface area (Å²) in [6.45, 7) is 0. The van der Waals surface area contributed by atoms with Crippen molar-refractivity contribution in [3.8, 4) is 0 Å². The summed E-state index contributed by atoms with van der Waals surface area (Å²) >= 11 is 0.743. The first kappa shape index (κ1) is 22.6. The summed E-state index contributed by atoms with van der Waals surface area (Å²) in [5.74, 6) is -1.17. The molecule has 0 fully saturated rings. The minimum absolute atomic E-state index is 0.0592. The third-order valence-corrected chi connectivity index (χ3v) is 4.66. The number of carbonyl (C=O) groups is 2.